The van der Waals surface area contributed by atoms with Gasteiger partial charge in [0.2, 0.25) is 0 Å². The van der Waals surface area contributed by atoms with Crippen LogP contribution in [0.3, 0.4) is 0 Å². The van der Waals surface area contributed by atoms with Crippen LogP contribution in [-0.4, -0.2) is 13.6 Å². The van der Waals surface area contributed by atoms with Crippen molar-refractivity contribution in [1.29, 1.82) is 0 Å². The minimum Gasteiger partial charge on any atom is -0.363 e. The maximum Gasteiger partial charge on any atom is 0.263 e. The van der Waals surface area contributed by atoms with Crippen molar-refractivity contribution in [3.8, 4) is 0 Å². The van der Waals surface area contributed by atoms with Gasteiger partial charge in [0.15, 0.2) is 5.82 Å². The lowest BCUT2D eigenvalue weighted by atomic mass is 9.82. The summed E-state index contributed by atoms with van der Waals surface area (Å²) in [5, 5.41) is 3.53. The minimum absolute atomic E-state index is 0.0296. The number of anilines is 1. The number of aromatic nitrogens is 1. The molecule has 0 aliphatic rings. The Balaban J connectivity index is 2.25. The zero-order valence-corrected chi connectivity index (χ0v) is 12.6. The van der Waals surface area contributed by atoms with Crippen LogP contribution in [0.2, 0.25) is 0 Å². The molecule has 1 aromatic carbocycles. The van der Waals surface area contributed by atoms with Crippen LogP contribution < -0.4 is 4.72 Å². The van der Waals surface area contributed by atoms with Crippen LogP contribution in [0.25, 0.3) is 0 Å². The van der Waals surface area contributed by atoms with E-state index in [-0.39, 0.29) is 16.1 Å². The van der Waals surface area contributed by atoms with Gasteiger partial charge < -0.3 is 4.52 Å². The Bertz CT molecular complexity index is 659. The largest absolute Gasteiger partial charge is 0.363 e. The first-order valence-corrected chi connectivity index (χ1v) is 7.87. The predicted octanol–water partition coefficient (Wildman–Crippen LogP) is 3.16. The fourth-order valence-electron chi connectivity index (χ4n) is 1.75. The van der Waals surface area contributed by atoms with Crippen LogP contribution >= 0.6 is 0 Å². The number of hydrogen-bond donors (Lipinski definition) is 1. The number of hydrogen-bond acceptors (Lipinski definition) is 4. The molecule has 0 amide bonds. The minimum atomic E-state index is -3.62. The third-order valence-corrected chi connectivity index (χ3v) is 4.88. The molecule has 0 aliphatic heterocycles. The highest BCUT2D eigenvalue weighted by Gasteiger charge is 2.20. The molecule has 0 atom stereocenters. The average molecular weight is 294 g/mol. The molecular weight excluding hydrogens is 276 g/mol. The first kappa shape index (κ1) is 14.6. The molecule has 5 nitrogen and oxygen atoms in total. The molecule has 0 radical (unpaired) electrons. The van der Waals surface area contributed by atoms with Crippen LogP contribution in [0.4, 0.5) is 5.82 Å². The first-order valence-electron chi connectivity index (χ1n) is 6.39. The summed E-state index contributed by atoms with van der Waals surface area (Å²) in [6.45, 7) is 6.37. The first-order chi connectivity index (χ1) is 9.35. The van der Waals surface area contributed by atoms with Crippen molar-refractivity contribution in [1.82, 2.24) is 5.16 Å². The second kappa shape index (κ2) is 5.28. The lowest BCUT2D eigenvalue weighted by molar-refractivity contribution is 0.423. The number of benzene rings is 1. The second-order valence-corrected chi connectivity index (χ2v) is 6.93. The number of nitrogens with one attached hydrogen (secondary N) is 1. The summed E-state index contributed by atoms with van der Waals surface area (Å²) in [6, 6.07) is 8.36. The Kier molecular flexibility index (Phi) is 3.85. The fourth-order valence-corrected chi connectivity index (χ4v) is 2.74. The Morgan fingerprint density at radius 2 is 1.85 bits per heavy atom. The molecule has 0 saturated carbocycles. The highest BCUT2D eigenvalue weighted by atomic mass is 32.2. The van der Waals surface area contributed by atoms with Gasteiger partial charge in [0.1, 0.15) is 6.26 Å². The standard InChI is InChI=1S/C14H18N2O3S/c1-4-14(2,3)11-5-7-12(8-6-11)20(17,18)16-13-9-10-19-15-13/h5-10H,4H2,1-3H3,(H,15,16). The van der Waals surface area contributed by atoms with E-state index in [4.69, 9.17) is 0 Å². The van der Waals surface area contributed by atoms with Gasteiger partial charge in [-0.1, -0.05) is 38.1 Å². The lowest BCUT2D eigenvalue weighted by Crippen LogP contribution is -2.17. The van der Waals surface area contributed by atoms with Gasteiger partial charge in [0.05, 0.1) is 4.90 Å². The number of nitrogens with zero attached hydrogens (tertiary/aromatic N) is 1. The summed E-state index contributed by atoms with van der Waals surface area (Å²) in [4.78, 5) is 0.205. The molecule has 0 bridgehead atoms. The van der Waals surface area contributed by atoms with E-state index in [0.717, 1.165) is 12.0 Å². The van der Waals surface area contributed by atoms with Crippen LogP contribution in [0.1, 0.15) is 32.8 Å². The predicted molar refractivity (Wildman–Crippen MR) is 77.1 cm³/mol. The number of rotatable bonds is 5. The van der Waals surface area contributed by atoms with E-state index in [1.54, 1.807) is 12.1 Å². The SMILES string of the molecule is CCC(C)(C)c1ccc(S(=O)(=O)Nc2ccon2)cc1. The maximum atomic E-state index is 12.1. The molecule has 1 N–H and O–H groups in total. The summed E-state index contributed by atoms with van der Waals surface area (Å²) in [5.41, 5.74) is 1.14. The quantitative estimate of drug-likeness (QED) is 0.919. The van der Waals surface area contributed by atoms with Crippen molar-refractivity contribution in [2.75, 3.05) is 4.72 Å². The van der Waals surface area contributed by atoms with Gasteiger partial charge in [-0.25, -0.2) is 8.42 Å². The van der Waals surface area contributed by atoms with Crippen LogP contribution in [0, 0.1) is 0 Å². The molecule has 0 spiro atoms. The van der Waals surface area contributed by atoms with E-state index in [1.807, 2.05) is 12.1 Å². The molecule has 6 heteroatoms. The highest BCUT2D eigenvalue weighted by molar-refractivity contribution is 7.92. The van der Waals surface area contributed by atoms with E-state index in [2.05, 4.69) is 35.2 Å². The zero-order valence-electron chi connectivity index (χ0n) is 11.8. The van der Waals surface area contributed by atoms with E-state index in [1.165, 1.54) is 12.3 Å². The molecule has 1 aromatic heterocycles. The van der Waals surface area contributed by atoms with Crippen LogP contribution in [-0.2, 0) is 15.4 Å². The van der Waals surface area contributed by atoms with Crippen molar-refractivity contribution in [2.24, 2.45) is 0 Å². The van der Waals surface area contributed by atoms with Crippen molar-refractivity contribution in [2.45, 2.75) is 37.5 Å². The van der Waals surface area contributed by atoms with Gasteiger partial charge in [-0.05, 0) is 29.5 Å². The topological polar surface area (TPSA) is 72.2 Å². The third kappa shape index (κ3) is 3.01. The highest BCUT2D eigenvalue weighted by Crippen LogP contribution is 2.27. The Labute approximate surface area is 119 Å². The second-order valence-electron chi connectivity index (χ2n) is 5.25. The summed E-state index contributed by atoms with van der Waals surface area (Å²) in [5.74, 6) is 0.169. The van der Waals surface area contributed by atoms with Crippen molar-refractivity contribution < 1.29 is 12.9 Å². The van der Waals surface area contributed by atoms with Gasteiger partial charge in [0, 0.05) is 6.07 Å². The van der Waals surface area contributed by atoms with E-state index >= 15 is 0 Å². The van der Waals surface area contributed by atoms with Crippen LogP contribution in [0.15, 0.2) is 46.0 Å². The molecule has 2 aromatic rings. The molecule has 2 rings (SSSR count). The third-order valence-electron chi connectivity index (χ3n) is 3.51. The van der Waals surface area contributed by atoms with Gasteiger partial charge in [-0.3, -0.25) is 4.72 Å². The van der Waals surface area contributed by atoms with Gasteiger partial charge in [-0.15, -0.1) is 0 Å². The van der Waals surface area contributed by atoms with Crippen molar-refractivity contribution in [3.63, 3.8) is 0 Å². The summed E-state index contributed by atoms with van der Waals surface area (Å²) in [6.07, 6.45) is 2.29. The Hall–Kier alpha value is -1.82. The smallest absolute Gasteiger partial charge is 0.263 e. The molecule has 0 aliphatic carbocycles. The molecule has 0 unspecified atom stereocenters. The monoisotopic (exact) mass is 294 g/mol. The molecule has 20 heavy (non-hydrogen) atoms. The zero-order chi connectivity index (χ0) is 14.8. The molecule has 0 saturated heterocycles. The van der Waals surface area contributed by atoms with E-state index in [9.17, 15) is 8.42 Å². The van der Waals surface area contributed by atoms with Crippen molar-refractivity contribution in [3.05, 3.63) is 42.2 Å². The lowest BCUT2D eigenvalue weighted by Gasteiger charge is -2.23. The summed E-state index contributed by atoms with van der Waals surface area (Å²) < 4.78 is 31.2. The Morgan fingerprint density at radius 1 is 1.20 bits per heavy atom. The number of sulfonamides is 1. The van der Waals surface area contributed by atoms with Gasteiger partial charge in [-0.2, -0.15) is 0 Å². The normalized spacial score (nSPS) is 12.3. The van der Waals surface area contributed by atoms with Crippen molar-refractivity contribution >= 4 is 15.8 Å². The van der Waals surface area contributed by atoms with E-state index < -0.39 is 10.0 Å². The summed E-state index contributed by atoms with van der Waals surface area (Å²) >= 11 is 0. The van der Waals surface area contributed by atoms with Gasteiger partial charge >= 0.3 is 0 Å². The average Bonchev–Trinajstić information content (AvgIpc) is 2.91. The van der Waals surface area contributed by atoms with Gasteiger partial charge in [0.25, 0.3) is 10.0 Å². The van der Waals surface area contributed by atoms with E-state index in [0.29, 0.717) is 0 Å². The Morgan fingerprint density at radius 3 is 2.35 bits per heavy atom. The molecule has 1 heterocycles. The fraction of sp³-hybridized carbons (Fsp3) is 0.357. The maximum absolute atomic E-state index is 12.1. The molecular formula is C14H18N2O3S. The van der Waals surface area contributed by atoms with Crippen LogP contribution in [0.5, 0.6) is 0 Å². The molecule has 0 fully saturated rings. The summed E-state index contributed by atoms with van der Waals surface area (Å²) in [7, 11) is -3.62. The molecule has 108 valence electrons.